The van der Waals surface area contributed by atoms with Crippen LogP contribution >= 0.6 is 11.8 Å². The van der Waals surface area contributed by atoms with Crippen molar-refractivity contribution in [2.24, 2.45) is 0 Å². The highest BCUT2D eigenvalue weighted by atomic mass is 32.2. The number of hydrogen-bond acceptors (Lipinski definition) is 2. The van der Waals surface area contributed by atoms with Crippen LogP contribution in [0.4, 0.5) is 0 Å². The fourth-order valence-corrected chi connectivity index (χ4v) is 1.82. The van der Waals surface area contributed by atoms with Crippen molar-refractivity contribution in [1.29, 1.82) is 0 Å². The fourth-order valence-electron chi connectivity index (χ4n) is 0.693. The van der Waals surface area contributed by atoms with Gasteiger partial charge in [0, 0.05) is 10.5 Å². The SMILES string of the molecule is CCC(C)SC(CC)CO. The maximum absolute atomic E-state index is 8.85. The normalized spacial score (nSPS) is 16.8. The Morgan fingerprint density at radius 3 is 2.20 bits per heavy atom. The smallest absolute Gasteiger partial charge is 0.0550 e. The van der Waals surface area contributed by atoms with Crippen LogP contribution in [-0.4, -0.2) is 22.2 Å². The summed E-state index contributed by atoms with van der Waals surface area (Å²) in [5.41, 5.74) is 0. The van der Waals surface area contributed by atoms with Crippen molar-refractivity contribution >= 4 is 11.8 Å². The Labute approximate surface area is 68.2 Å². The van der Waals surface area contributed by atoms with Gasteiger partial charge in [0.15, 0.2) is 0 Å². The summed E-state index contributed by atoms with van der Waals surface area (Å²) in [7, 11) is 0. The molecule has 0 rings (SSSR count). The fraction of sp³-hybridized carbons (Fsp3) is 1.00. The minimum absolute atomic E-state index is 0.325. The number of thioether (sulfide) groups is 1. The highest BCUT2D eigenvalue weighted by molar-refractivity contribution is 8.00. The van der Waals surface area contributed by atoms with E-state index in [1.54, 1.807) is 0 Å². The van der Waals surface area contributed by atoms with Crippen LogP contribution in [-0.2, 0) is 0 Å². The number of aliphatic hydroxyl groups excluding tert-OH is 1. The maximum Gasteiger partial charge on any atom is 0.0550 e. The molecular formula is C8H18OS. The van der Waals surface area contributed by atoms with Gasteiger partial charge in [0.05, 0.1) is 6.61 Å². The van der Waals surface area contributed by atoms with E-state index < -0.39 is 0 Å². The molecule has 0 spiro atoms. The molecule has 1 nitrogen and oxygen atoms in total. The van der Waals surface area contributed by atoms with Crippen LogP contribution in [0.25, 0.3) is 0 Å². The molecule has 62 valence electrons. The van der Waals surface area contributed by atoms with Crippen molar-refractivity contribution in [3.8, 4) is 0 Å². The van der Waals surface area contributed by atoms with Crippen molar-refractivity contribution in [2.45, 2.75) is 44.1 Å². The van der Waals surface area contributed by atoms with E-state index in [-0.39, 0.29) is 0 Å². The lowest BCUT2D eigenvalue weighted by molar-refractivity contribution is 0.292. The molecule has 0 aromatic heterocycles. The third kappa shape index (κ3) is 4.18. The zero-order chi connectivity index (χ0) is 7.98. The Bertz CT molecular complexity index is 71.7. The molecule has 0 aliphatic rings. The van der Waals surface area contributed by atoms with E-state index in [9.17, 15) is 0 Å². The first-order chi connectivity index (χ1) is 4.74. The summed E-state index contributed by atoms with van der Waals surface area (Å²) in [5.74, 6) is 0. The molecule has 0 aliphatic carbocycles. The molecule has 0 fully saturated rings. The molecule has 0 radical (unpaired) electrons. The molecule has 0 saturated carbocycles. The van der Waals surface area contributed by atoms with Gasteiger partial charge in [-0.05, 0) is 12.8 Å². The molecule has 0 aromatic carbocycles. The van der Waals surface area contributed by atoms with Gasteiger partial charge < -0.3 is 5.11 Å². The molecule has 0 aromatic rings. The second-order valence-corrected chi connectivity index (χ2v) is 4.31. The first-order valence-corrected chi connectivity index (χ1v) is 4.95. The minimum atomic E-state index is 0.325. The molecule has 1 N–H and O–H groups in total. The number of aliphatic hydroxyl groups is 1. The van der Waals surface area contributed by atoms with Crippen molar-refractivity contribution in [3.05, 3.63) is 0 Å². The Morgan fingerprint density at radius 1 is 1.30 bits per heavy atom. The Hall–Kier alpha value is 0.310. The average molecular weight is 162 g/mol. The van der Waals surface area contributed by atoms with E-state index in [2.05, 4.69) is 20.8 Å². The van der Waals surface area contributed by atoms with Crippen LogP contribution in [0.15, 0.2) is 0 Å². The lowest BCUT2D eigenvalue weighted by Crippen LogP contribution is -2.10. The Kier molecular flexibility index (Phi) is 6.24. The van der Waals surface area contributed by atoms with E-state index in [4.69, 9.17) is 5.11 Å². The molecule has 0 bridgehead atoms. The Balaban J connectivity index is 3.41. The zero-order valence-electron chi connectivity index (χ0n) is 7.13. The van der Waals surface area contributed by atoms with Crippen LogP contribution in [0.2, 0.25) is 0 Å². The molecule has 2 unspecified atom stereocenters. The van der Waals surface area contributed by atoms with Gasteiger partial charge in [-0.3, -0.25) is 0 Å². The minimum Gasteiger partial charge on any atom is -0.395 e. The molecule has 2 atom stereocenters. The quantitative estimate of drug-likeness (QED) is 0.669. The summed E-state index contributed by atoms with van der Waals surface area (Å²) in [6.07, 6.45) is 2.27. The van der Waals surface area contributed by atoms with E-state index in [1.807, 2.05) is 11.8 Å². The van der Waals surface area contributed by atoms with Gasteiger partial charge in [-0.1, -0.05) is 20.8 Å². The predicted molar refractivity (Wildman–Crippen MR) is 48.5 cm³/mol. The van der Waals surface area contributed by atoms with Crippen LogP contribution < -0.4 is 0 Å². The van der Waals surface area contributed by atoms with Gasteiger partial charge in [-0.2, -0.15) is 11.8 Å². The van der Waals surface area contributed by atoms with Gasteiger partial charge in [-0.15, -0.1) is 0 Å². The average Bonchev–Trinajstić information content (AvgIpc) is 1.99. The van der Waals surface area contributed by atoms with Gasteiger partial charge in [0.2, 0.25) is 0 Å². The molecule has 0 amide bonds. The second kappa shape index (κ2) is 6.05. The van der Waals surface area contributed by atoms with E-state index in [0.717, 1.165) is 6.42 Å². The number of hydrogen-bond donors (Lipinski definition) is 1. The Morgan fingerprint density at radius 2 is 1.90 bits per heavy atom. The molecule has 0 aliphatic heterocycles. The van der Waals surface area contributed by atoms with E-state index in [1.165, 1.54) is 6.42 Å². The maximum atomic E-state index is 8.85. The summed E-state index contributed by atoms with van der Waals surface area (Å²) in [6.45, 7) is 6.84. The largest absolute Gasteiger partial charge is 0.395 e. The second-order valence-electron chi connectivity index (χ2n) is 2.57. The summed E-state index contributed by atoms with van der Waals surface area (Å²) in [4.78, 5) is 0. The summed E-state index contributed by atoms with van der Waals surface area (Å²) in [5, 5.41) is 10.00. The first-order valence-electron chi connectivity index (χ1n) is 4.00. The molecule has 0 heterocycles. The first kappa shape index (κ1) is 10.3. The van der Waals surface area contributed by atoms with Crippen molar-refractivity contribution < 1.29 is 5.11 Å². The van der Waals surface area contributed by atoms with Gasteiger partial charge >= 0.3 is 0 Å². The third-order valence-corrected chi connectivity index (χ3v) is 3.32. The number of rotatable bonds is 5. The molecule has 10 heavy (non-hydrogen) atoms. The van der Waals surface area contributed by atoms with Crippen LogP contribution in [0.1, 0.15) is 33.6 Å². The topological polar surface area (TPSA) is 20.2 Å². The van der Waals surface area contributed by atoms with Crippen molar-refractivity contribution in [3.63, 3.8) is 0 Å². The predicted octanol–water partition coefficient (Wildman–Crippen LogP) is 2.29. The molecule has 0 saturated heterocycles. The van der Waals surface area contributed by atoms with Gasteiger partial charge in [0.1, 0.15) is 0 Å². The molecule has 2 heteroatoms. The lowest BCUT2D eigenvalue weighted by Gasteiger charge is -2.15. The van der Waals surface area contributed by atoms with Crippen LogP contribution in [0.3, 0.4) is 0 Å². The molecular weight excluding hydrogens is 144 g/mol. The standard InChI is InChI=1S/C8H18OS/c1-4-7(3)10-8(5-2)6-9/h7-9H,4-6H2,1-3H3. The monoisotopic (exact) mass is 162 g/mol. The summed E-state index contributed by atoms with van der Waals surface area (Å²) in [6, 6.07) is 0. The third-order valence-electron chi connectivity index (χ3n) is 1.66. The van der Waals surface area contributed by atoms with Crippen LogP contribution in [0, 0.1) is 0 Å². The zero-order valence-corrected chi connectivity index (χ0v) is 7.95. The highest BCUT2D eigenvalue weighted by Crippen LogP contribution is 2.21. The van der Waals surface area contributed by atoms with E-state index >= 15 is 0 Å². The van der Waals surface area contributed by atoms with E-state index in [0.29, 0.717) is 17.1 Å². The lowest BCUT2D eigenvalue weighted by atomic mass is 10.3. The summed E-state index contributed by atoms with van der Waals surface area (Å²) >= 11 is 1.89. The summed E-state index contributed by atoms with van der Waals surface area (Å²) < 4.78 is 0. The van der Waals surface area contributed by atoms with Crippen LogP contribution in [0.5, 0.6) is 0 Å². The van der Waals surface area contributed by atoms with Gasteiger partial charge in [0.25, 0.3) is 0 Å². The van der Waals surface area contributed by atoms with Gasteiger partial charge in [-0.25, -0.2) is 0 Å². The van der Waals surface area contributed by atoms with Crippen molar-refractivity contribution in [2.75, 3.05) is 6.61 Å². The van der Waals surface area contributed by atoms with Crippen molar-refractivity contribution in [1.82, 2.24) is 0 Å². The highest BCUT2D eigenvalue weighted by Gasteiger charge is 2.08.